The molecule has 1 amide bonds. The number of piperidine rings is 1. The first kappa shape index (κ1) is 20.6. The Morgan fingerprint density at radius 3 is 2.75 bits per heavy atom. The number of aromatic nitrogens is 2. The van der Waals surface area contributed by atoms with Gasteiger partial charge in [0.2, 0.25) is 0 Å². The van der Waals surface area contributed by atoms with Gasteiger partial charge in [0.25, 0.3) is 5.91 Å². The largest absolute Gasteiger partial charge is 0.396 e. The predicted octanol–water partition coefficient (Wildman–Crippen LogP) is 2.53. The van der Waals surface area contributed by atoms with Gasteiger partial charge in [0.15, 0.2) is 0 Å². The number of amides is 1. The van der Waals surface area contributed by atoms with Crippen molar-refractivity contribution in [3.05, 3.63) is 52.8 Å². The fourth-order valence-corrected chi connectivity index (χ4v) is 4.29. The maximum absolute atomic E-state index is 13.1. The smallest absolute Gasteiger partial charge is 0.253 e. The lowest BCUT2D eigenvalue weighted by molar-refractivity contribution is -0.0720. The van der Waals surface area contributed by atoms with Crippen molar-refractivity contribution in [1.82, 2.24) is 14.7 Å². The van der Waals surface area contributed by atoms with Crippen molar-refractivity contribution >= 4 is 5.91 Å². The van der Waals surface area contributed by atoms with E-state index in [1.54, 1.807) is 4.90 Å². The number of hydrogen-bond acceptors (Lipinski definition) is 4. The summed E-state index contributed by atoms with van der Waals surface area (Å²) < 4.78 is 1.94. The van der Waals surface area contributed by atoms with Crippen LogP contribution in [0.2, 0.25) is 0 Å². The van der Waals surface area contributed by atoms with Crippen LogP contribution in [0.15, 0.2) is 30.3 Å². The number of carbonyl (C=O) groups excluding carboxylic acids is 1. The maximum Gasteiger partial charge on any atom is 0.253 e. The Bertz CT molecular complexity index is 832. The average Bonchev–Trinajstić information content (AvgIpc) is 3.00. The van der Waals surface area contributed by atoms with Gasteiger partial charge in [0.1, 0.15) is 0 Å². The van der Waals surface area contributed by atoms with Crippen LogP contribution < -0.4 is 0 Å². The van der Waals surface area contributed by atoms with Gasteiger partial charge in [0, 0.05) is 29.8 Å². The topological polar surface area (TPSA) is 78.6 Å². The number of rotatable bonds is 6. The van der Waals surface area contributed by atoms with E-state index in [0.717, 1.165) is 23.4 Å². The minimum Gasteiger partial charge on any atom is -0.396 e. The molecule has 1 fully saturated rings. The maximum atomic E-state index is 13.1. The first-order valence-corrected chi connectivity index (χ1v) is 10.1. The summed E-state index contributed by atoms with van der Waals surface area (Å²) >= 11 is 0. The van der Waals surface area contributed by atoms with Crippen LogP contribution in [-0.2, 0) is 6.54 Å². The first-order chi connectivity index (χ1) is 13.4. The molecule has 2 heterocycles. The highest BCUT2D eigenvalue weighted by molar-refractivity contribution is 5.94. The quantitative estimate of drug-likeness (QED) is 0.801. The van der Waals surface area contributed by atoms with E-state index in [4.69, 9.17) is 0 Å². The molecule has 152 valence electrons. The summed E-state index contributed by atoms with van der Waals surface area (Å²) in [5.41, 5.74) is 3.11. The molecule has 6 nitrogen and oxygen atoms in total. The lowest BCUT2D eigenvalue weighted by Crippen LogP contribution is -2.55. The molecule has 2 atom stereocenters. The Hall–Kier alpha value is -2.18. The fourth-order valence-electron chi connectivity index (χ4n) is 4.29. The molecule has 6 heteroatoms. The average molecular weight is 386 g/mol. The number of aliphatic hydroxyl groups is 2. The molecule has 0 aliphatic carbocycles. The molecule has 0 bridgehead atoms. The minimum absolute atomic E-state index is 0.0453. The van der Waals surface area contributed by atoms with Crippen LogP contribution in [0, 0.1) is 19.3 Å². The van der Waals surface area contributed by atoms with Gasteiger partial charge < -0.3 is 15.1 Å². The van der Waals surface area contributed by atoms with E-state index in [0.29, 0.717) is 38.0 Å². The third-order valence-electron chi connectivity index (χ3n) is 5.84. The van der Waals surface area contributed by atoms with Crippen molar-refractivity contribution in [3.63, 3.8) is 0 Å². The minimum atomic E-state index is -0.621. The van der Waals surface area contributed by atoms with Gasteiger partial charge in [0.05, 0.1) is 24.9 Å². The number of aliphatic hydroxyl groups excluding tert-OH is 2. The van der Waals surface area contributed by atoms with E-state index in [1.165, 1.54) is 0 Å². The number of nitrogens with zero attached hydrogens (tertiary/aromatic N) is 3. The highest BCUT2D eigenvalue weighted by atomic mass is 16.3. The highest BCUT2D eigenvalue weighted by Gasteiger charge is 2.43. The van der Waals surface area contributed by atoms with Crippen molar-refractivity contribution in [1.29, 1.82) is 0 Å². The zero-order chi connectivity index (χ0) is 20.3. The lowest BCUT2D eigenvalue weighted by atomic mass is 9.74. The van der Waals surface area contributed by atoms with Crippen molar-refractivity contribution in [3.8, 4) is 0 Å². The summed E-state index contributed by atoms with van der Waals surface area (Å²) in [5.74, 6) is -0.0453. The molecule has 1 aromatic carbocycles. The third kappa shape index (κ3) is 4.13. The Kier molecular flexibility index (Phi) is 6.20. The first-order valence-electron chi connectivity index (χ1n) is 10.1. The molecular formula is C22H31N3O3. The molecule has 1 aliphatic heterocycles. The SMILES string of the molecule is CCC[C@@]1(CO)CN(C(=O)c2cccc(Cn3nc(C)cc3C)c2)CC[C@@H]1O. The molecule has 2 aromatic rings. The Morgan fingerprint density at radius 1 is 1.32 bits per heavy atom. The number of carbonyl (C=O) groups is 1. The van der Waals surface area contributed by atoms with Crippen LogP contribution in [-0.4, -0.2) is 56.6 Å². The van der Waals surface area contributed by atoms with Crippen molar-refractivity contribution in [2.45, 2.75) is 52.7 Å². The van der Waals surface area contributed by atoms with Gasteiger partial charge in [-0.1, -0.05) is 25.5 Å². The second-order valence-electron chi connectivity index (χ2n) is 8.09. The molecule has 1 aliphatic rings. The predicted molar refractivity (Wildman–Crippen MR) is 108 cm³/mol. The molecule has 0 radical (unpaired) electrons. The standard InChI is InChI=1S/C22H31N3O3/c1-4-9-22(15-26)14-24(10-8-20(22)27)21(28)19-7-5-6-18(12-19)13-25-17(3)11-16(2)23-25/h5-7,11-12,20,26-27H,4,8-10,13-15H2,1-3H3/t20-,22-/m0/s1. The van der Waals surface area contributed by atoms with Gasteiger partial charge >= 0.3 is 0 Å². The van der Waals surface area contributed by atoms with E-state index in [1.807, 2.05) is 55.8 Å². The zero-order valence-electron chi connectivity index (χ0n) is 17.1. The van der Waals surface area contributed by atoms with Crippen LogP contribution in [0.3, 0.4) is 0 Å². The number of benzene rings is 1. The van der Waals surface area contributed by atoms with Gasteiger partial charge in [-0.15, -0.1) is 0 Å². The van der Waals surface area contributed by atoms with Crippen LogP contribution in [0.1, 0.15) is 53.5 Å². The molecule has 0 saturated carbocycles. The summed E-state index contributed by atoms with van der Waals surface area (Å²) in [4.78, 5) is 14.9. The highest BCUT2D eigenvalue weighted by Crippen LogP contribution is 2.35. The van der Waals surface area contributed by atoms with Crippen molar-refractivity contribution in [2.75, 3.05) is 19.7 Å². The summed E-state index contributed by atoms with van der Waals surface area (Å²) in [6.45, 7) is 7.44. The molecule has 1 aromatic heterocycles. The summed E-state index contributed by atoms with van der Waals surface area (Å²) in [6, 6.07) is 9.69. The number of likely N-dealkylation sites (tertiary alicyclic amines) is 1. The monoisotopic (exact) mass is 385 g/mol. The van der Waals surface area contributed by atoms with E-state index in [9.17, 15) is 15.0 Å². The Morgan fingerprint density at radius 2 is 2.11 bits per heavy atom. The van der Waals surface area contributed by atoms with Gasteiger partial charge in [-0.2, -0.15) is 5.10 Å². The van der Waals surface area contributed by atoms with Crippen LogP contribution >= 0.6 is 0 Å². The molecule has 28 heavy (non-hydrogen) atoms. The third-order valence-corrected chi connectivity index (χ3v) is 5.84. The van der Waals surface area contributed by atoms with Crippen LogP contribution in [0.25, 0.3) is 0 Å². The second-order valence-corrected chi connectivity index (χ2v) is 8.09. The zero-order valence-corrected chi connectivity index (χ0v) is 17.1. The summed E-state index contributed by atoms with van der Waals surface area (Å²) in [5, 5.41) is 24.9. The number of hydrogen-bond donors (Lipinski definition) is 2. The molecule has 0 unspecified atom stereocenters. The molecule has 3 rings (SSSR count). The molecular weight excluding hydrogens is 354 g/mol. The van der Waals surface area contributed by atoms with Crippen LogP contribution in [0.4, 0.5) is 0 Å². The Labute approximate surface area is 166 Å². The van der Waals surface area contributed by atoms with E-state index < -0.39 is 11.5 Å². The van der Waals surface area contributed by atoms with Crippen molar-refractivity contribution < 1.29 is 15.0 Å². The summed E-state index contributed by atoms with van der Waals surface area (Å²) in [6.07, 6.45) is 1.49. The molecule has 0 spiro atoms. The molecule has 1 saturated heterocycles. The van der Waals surface area contributed by atoms with E-state index in [2.05, 4.69) is 5.10 Å². The van der Waals surface area contributed by atoms with E-state index in [-0.39, 0.29) is 12.5 Å². The lowest BCUT2D eigenvalue weighted by Gasteiger charge is -2.45. The van der Waals surface area contributed by atoms with Gasteiger partial charge in [-0.3, -0.25) is 9.48 Å². The van der Waals surface area contributed by atoms with Crippen LogP contribution in [0.5, 0.6) is 0 Å². The Balaban J connectivity index is 1.78. The summed E-state index contributed by atoms with van der Waals surface area (Å²) in [7, 11) is 0. The van der Waals surface area contributed by atoms with Crippen molar-refractivity contribution in [2.24, 2.45) is 5.41 Å². The van der Waals surface area contributed by atoms with Gasteiger partial charge in [-0.05, 0) is 50.5 Å². The van der Waals surface area contributed by atoms with Gasteiger partial charge in [-0.25, -0.2) is 0 Å². The normalized spacial score (nSPS) is 22.5. The fraction of sp³-hybridized carbons (Fsp3) is 0.545. The van der Waals surface area contributed by atoms with E-state index >= 15 is 0 Å². The second kappa shape index (κ2) is 8.45. The molecule has 2 N–H and O–H groups in total. The number of aryl methyl sites for hydroxylation is 2.